The van der Waals surface area contributed by atoms with E-state index in [-0.39, 0.29) is 6.04 Å². The standard InChI is InChI=1S/C15H19ClN4O/c1-11-18-14(16)9-15(19-11)17-10-12(13-5-4-8-21-13)20-6-2-3-7-20/h4-5,8-9,12H,2-3,6-7,10H2,1H3,(H,17,18,19). The van der Waals surface area contributed by atoms with Gasteiger partial charge in [0.1, 0.15) is 22.6 Å². The van der Waals surface area contributed by atoms with E-state index in [4.69, 9.17) is 16.0 Å². The van der Waals surface area contributed by atoms with Gasteiger partial charge >= 0.3 is 0 Å². The van der Waals surface area contributed by atoms with Gasteiger partial charge in [0.05, 0.1) is 12.3 Å². The second kappa shape index (κ2) is 6.45. The second-order valence-electron chi connectivity index (χ2n) is 5.28. The fourth-order valence-electron chi connectivity index (χ4n) is 2.77. The summed E-state index contributed by atoms with van der Waals surface area (Å²) in [7, 11) is 0. The maximum Gasteiger partial charge on any atom is 0.134 e. The maximum absolute atomic E-state index is 5.97. The van der Waals surface area contributed by atoms with Crippen LogP contribution in [0.2, 0.25) is 5.15 Å². The molecule has 0 bridgehead atoms. The monoisotopic (exact) mass is 306 g/mol. The summed E-state index contributed by atoms with van der Waals surface area (Å²) in [6, 6.07) is 5.93. The van der Waals surface area contributed by atoms with Crippen molar-refractivity contribution in [2.24, 2.45) is 0 Å². The zero-order valence-corrected chi connectivity index (χ0v) is 12.8. The van der Waals surface area contributed by atoms with Crippen LogP contribution in [0.5, 0.6) is 0 Å². The third-order valence-corrected chi connectivity index (χ3v) is 3.93. The first-order chi connectivity index (χ1) is 10.2. The number of halogens is 1. The molecule has 0 aromatic carbocycles. The molecule has 112 valence electrons. The Hall–Kier alpha value is -1.59. The van der Waals surface area contributed by atoms with Crippen LogP contribution in [-0.2, 0) is 0 Å². The van der Waals surface area contributed by atoms with E-state index in [1.54, 1.807) is 12.3 Å². The molecule has 2 aromatic rings. The lowest BCUT2D eigenvalue weighted by Gasteiger charge is -2.26. The number of nitrogens with one attached hydrogen (secondary N) is 1. The molecule has 1 N–H and O–H groups in total. The molecular formula is C15H19ClN4O. The zero-order chi connectivity index (χ0) is 14.7. The number of anilines is 1. The van der Waals surface area contributed by atoms with Crippen LogP contribution in [0.1, 0.15) is 30.5 Å². The van der Waals surface area contributed by atoms with Crippen molar-refractivity contribution in [3.05, 3.63) is 41.2 Å². The summed E-state index contributed by atoms with van der Waals surface area (Å²) in [6.45, 7) is 4.79. The van der Waals surface area contributed by atoms with Gasteiger partial charge < -0.3 is 9.73 Å². The van der Waals surface area contributed by atoms with Crippen LogP contribution in [0.25, 0.3) is 0 Å². The van der Waals surface area contributed by atoms with E-state index in [1.807, 2.05) is 19.1 Å². The van der Waals surface area contributed by atoms with Gasteiger partial charge in [-0.25, -0.2) is 9.97 Å². The average molecular weight is 307 g/mol. The number of aromatic nitrogens is 2. The molecular weight excluding hydrogens is 288 g/mol. The third kappa shape index (κ3) is 3.54. The first kappa shape index (κ1) is 14.4. The number of rotatable bonds is 5. The summed E-state index contributed by atoms with van der Waals surface area (Å²) in [5.41, 5.74) is 0. The Kier molecular flexibility index (Phi) is 4.41. The molecule has 1 saturated heterocycles. The SMILES string of the molecule is Cc1nc(Cl)cc(NCC(c2ccco2)N2CCCC2)n1. The van der Waals surface area contributed by atoms with Crippen molar-refractivity contribution >= 4 is 17.4 Å². The predicted molar refractivity (Wildman–Crippen MR) is 82.5 cm³/mol. The number of aryl methyl sites for hydroxylation is 1. The van der Waals surface area contributed by atoms with E-state index >= 15 is 0 Å². The Balaban J connectivity index is 1.72. The van der Waals surface area contributed by atoms with Crippen LogP contribution < -0.4 is 5.32 Å². The molecule has 5 nitrogen and oxygen atoms in total. The fraction of sp³-hybridized carbons (Fsp3) is 0.467. The van der Waals surface area contributed by atoms with Crippen LogP contribution in [0.4, 0.5) is 5.82 Å². The van der Waals surface area contributed by atoms with E-state index in [9.17, 15) is 0 Å². The van der Waals surface area contributed by atoms with Crippen LogP contribution >= 0.6 is 11.6 Å². The molecule has 0 saturated carbocycles. The molecule has 0 spiro atoms. The fourth-order valence-corrected chi connectivity index (χ4v) is 2.99. The lowest BCUT2D eigenvalue weighted by Crippen LogP contribution is -2.30. The number of nitrogens with zero attached hydrogens (tertiary/aromatic N) is 3. The van der Waals surface area contributed by atoms with E-state index < -0.39 is 0 Å². The van der Waals surface area contributed by atoms with Gasteiger partial charge in [-0.2, -0.15) is 0 Å². The van der Waals surface area contributed by atoms with Gasteiger partial charge in [0.2, 0.25) is 0 Å². The molecule has 0 aliphatic carbocycles. The van der Waals surface area contributed by atoms with Crippen LogP contribution in [0.3, 0.4) is 0 Å². The molecule has 21 heavy (non-hydrogen) atoms. The minimum Gasteiger partial charge on any atom is -0.468 e. The third-order valence-electron chi connectivity index (χ3n) is 3.74. The van der Waals surface area contributed by atoms with Crippen LogP contribution in [0, 0.1) is 6.92 Å². The number of hydrogen-bond donors (Lipinski definition) is 1. The number of hydrogen-bond acceptors (Lipinski definition) is 5. The molecule has 3 rings (SSSR count). The number of furan rings is 1. The van der Waals surface area contributed by atoms with Crippen LogP contribution in [-0.4, -0.2) is 34.5 Å². The largest absolute Gasteiger partial charge is 0.468 e. The van der Waals surface area contributed by atoms with Crippen molar-refractivity contribution in [1.29, 1.82) is 0 Å². The Morgan fingerprint density at radius 2 is 2.19 bits per heavy atom. The Bertz CT molecular complexity index is 561. The quantitative estimate of drug-likeness (QED) is 0.859. The lowest BCUT2D eigenvalue weighted by atomic mass is 10.2. The molecule has 1 fully saturated rings. The van der Waals surface area contributed by atoms with Gasteiger partial charge in [-0.05, 0) is 45.0 Å². The van der Waals surface area contributed by atoms with E-state index in [0.717, 1.165) is 31.2 Å². The highest BCUT2D eigenvalue weighted by atomic mass is 35.5. The highest BCUT2D eigenvalue weighted by Crippen LogP contribution is 2.26. The first-order valence-corrected chi connectivity index (χ1v) is 7.63. The van der Waals surface area contributed by atoms with Gasteiger partial charge in [0.25, 0.3) is 0 Å². The molecule has 0 amide bonds. The maximum atomic E-state index is 5.97. The van der Waals surface area contributed by atoms with Crippen molar-refractivity contribution in [1.82, 2.24) is 14.9 Å². The first-order valence-electron chi connectivity index (χ1n) is 7.25. The number of likely N-dealkylation sites (tertiary alicyclic amines) is 1. The van der Waals surface area contributed by atoms with Gasteiger partial charge in [0.15, 0.2) is 0 Å². The highest BCUT2D eigenvalue weighted by Gasteiger charge is 2.25. The molecule has 6 heteroatoms. The molecule has 2 aromatic heterocycles. The summed E-state index contributed by atoms with van der Waals surface area (Å²) in [4.78, 5) is 10.9. The summed E-state index contributed by atoms with van der Waals surface area (Å²) in [5.74, 6) is 2.41. The minimum absolute atomic E-state index is 0.219. The van der Waals surface area contributed by atoms with E-state index in [0.29, 0.717) is 11.0 Å². The summed E-state index contributed by atoms with van der Waals surface area (Å²) >= 11 is 5.97. The molecule has 3 heterocycles. The normalized spacial score (nSPS) is 17.0. The topological polar surface area (TPSA) is 54.2 Å². The summed E-state index contributed by atoms with van der Waals surface area (Å²) < 4.78 is 5.60. The predicted octanol–water partition coefficient (Wildman–Crippen LogP) is 3.28. The van der Waals surface area contributed by atoms with Crippen molar-refractivity contribution in [2.45, 2.75) is 25.8 Å². The molecule has 1 aliphatic heterocycles. The van der Waals surface area contributed by atoms with Gasteiger partial charge in [-0.1, -0.05) is 11.6 Å². The highest BCUT2D eigenvalue weighted by molar-refractivity contribution is 6.29. The smallest absolute Gasteiger partial charge is 0.134 e. The van der Waals surface area contributed by atoms with Crippen molar-refractivity contribution in [2.75, 3.05) is 25.0 Å². The Morgan fingerprint density at radius 1 is 1.38 bits per heavy atom. The second-order valence-corrected chi connectivity index (χ2v) is 5.67. The summed E-state index contributed by atoms with van der Waals surface area (Å²) in [6.07, 6.45) is 4.22. The molecule has 1 atom stereocenters. The molecule has 1 aliphatic rings. The Labute approximate surface area is 129 Å². The van der Waals surface area contributed by atoms with Crippen molar-refractivity contribution < 1.29 is 4.42 Å². The van der Waals surface area contributed by atoms with Gasteiger partial charge in [-0.15, -0.1) is 0 Å². The summed E-state index contributed by atoms with van der Waals surface area (Å²) in [5, 5.41) is 3.81. The van der Waals surface area contributed by atoms with E-state index in [1.165, 1.54) is 12.8 Å². The lowest BCUT2D eigenvalue weighted by molar-refractivity contribution is 0.225. The van der Waals surface area contributed by atoms with Gasteiger partial charge in [0, 0.05) is 12.6 Å². The van der Waals surface area contributed by atoms with Crippen molar-refractivity contribution in [3.63, 3.8) is 0 Å². The van der Waals surface area contributed by atoms with Crippen LogP contribution in [0.15, 0.2) is 28.9 Å². The average Bonchev–Trinajstić information content (AvgIpc) is 3.10. The Morgan fingerprint density at radius 3 is 2.86 bits per heavy atom. The van der Waals surface area contributed by atoms with Crippen molar-refractivity contribution in [3.8, 4) is 0 Å². The van der Waals surface area contributed by atoms with E-state index in [2.05, 4.69) is 20.2 Å². The minimum atomic E-state index is 0.219. The molecule has 1 unspecified atom stereocenters. The van der Waals surface area contributed by atoms with Gasteiger partial charge in [-0.3, -0.25) is 4.90 Å². The zero-order valence-electron chi connectivity index (χ0n) is 12.1. The molecule has 0 radical (unpaired) electrons.